The van der Waals surface area contributed by atoms with Crippen LogP contribution in [0.1, 0.15) is 24.2 Å². The number of nitrogens with one attached hydrogen (secondary N) is 3. The third-order valence-electron chi connectivity index (χ3n) is 2.31. The Labute approximate surface area is 107 Å². The molecule has 0 atom stereocenters. The van der Waals surface area contributed by atoms with Crippen LogP contribution in [0.2, 0.25) is 0 Å². The van der Waals surface area contributed by atoms with Crippen LogP contribution in [0.3, 0.4) is 0 Å². The highest BCUT2D eigenvalue weighted by Crippen LogP contribution is 2.10. The molecule has 0 spiro atoms. The van der Waals surface area contributed by atoms with Gasteiger partial charge in [-0.2, -0.15) is 0 Å². The molecule has 0 aliphatic heterocycles. The number of hydrogen-bond acceptors (Lipinski definition) is 3. The summed E-state index contributed by atoms with van der Waals surface area (Å²) in [6.07, 6.45) is 0. The molecule has 0 heterocycles. The van der Waals surface area contributed by atoms with Crippen molar-refractivity contribution in [1.29, 1.82) is 0 Å². The number of carbonyl (C=O) groups is 2. The van der Waals surface area contributed by atoms with Gasteiger partial charge in [0, 0.05) is 24.3 Å². The number of benzene rings is 1. The Morgan fingerprint density at radius 1 is 1.28 bits per heavy atom. The van der Waals surface area contributed by atoms with E-state index in [9.17, 15) is 9.59 Å². The first-order valence-electron chi connectivity index (χ1n) is 5.88. The van der Waals surface area contributed by atoms with Crippen molar-refractivity contribution in [2.45, 2.75) is 19.9 Å². The summed E-state index contributed by atoms with van der Waals surface area (Å²) in [6, 6.07) is 7.08. The van der Waals surface area contributed by atoms with E-state index in [2.05, 4.69) is 16.0 Å². The fraction of sp³-hybridized carbons (Fsp3) is 0.385. The fourth-order valence-corrected chi connectivity index (χ4v) is 1.38. The number of anilines is 1. The Morgan fingerprint density at radius 2 is 2.00 bits per heavy atom. The lowest BCUT2D eigenvalue weighted by atomic mass is 10.2. The highest BCUT2D eigenvalue weighted by atomic mass is 16.2. The number of hydrogen-bond donors (Lipinski definition) is 3. The highest BCUT2D eigenvalue weighted by Gasteiger charge is 2.06. The molecular weight excluding hydrogens is 230 g/mol. The van der Waals surface area contributed by atoms with Crippen molar-refractivity contribution in [3.63, 3.8) is 0 Å². The van der Waals surface area contributed by atoms with Gasteiger partial charge in [-0.25, -0.2) is 0 Å². The molecule has 5 heteroatoms. The predicted octanol–water partition coefficient (Wildman–Crippen LogP) is 0.983. The van der Waals surface area contributed by atoms with Crippen LogP contribution in [0, 0.1) is 0 Å². The second-order valence-electron chi connectivity index (χ2n) is 4.24. The van der Waals surface area contributed by atoms with Gasteiger partial charge in [0.2, 0.25) is 5.91 Å². The fourth-order valence-electron chi connectivity index (χ4n) is 1.38. The SMILES string of the molecule is CNC(=O)c1cccc(NC(=O)CNC(C)C)c1. The molecule has 0 aliphatic rings. The van der Waals surface area contributed by atoms with E-state index in [0.29, 0.717) is 11.3 Å². The molecule has 0 bridgehead atoms. The minimum atomic E-state index is -0.175. The van der Waals surface area contributed by atoms with Crippen LogP contribution in [0.4, 0.5) is 5.69 Å². The third-order valence-corrected chi connectivity index (χ3v) is 2.31. The van der Waals surface area contributed by atoms with Gasteiger partial charge >= 0.3 is 0 Å². The monoisotopic (exact) mass is 249 g/mol. The molecule has 1 rings (SSSR count). The summed E-state index contributed by atoms with van der Waals surface area (Å²) in [5, 5.41) is 8.30. The minimum absolute atomic E-state index is 0.127. The topological polar surface area (TPSA) is 70.2 Å². The quantitative estimate of drug-likeness (QED) is 0.728. The Kier molecular flexibility index (Phi) is 5.32. The van der Waals surface area contributed by atoms with E-state index in [1.165, 1.54) is 0 Å². The third kappa shape index (κ3) is 4.55. The summed E-state index contributed by atoms with van der Waals surface area (Å²) in [4.78, 5) is 23.0. The molecule has 0 unspecified atom stereocenters. The van der Waals surface area contributed by atoms with Crippen LogP contribution >= 0.6 is 0 Å². The first-order chi connectivity index (χ1) is 8.52. The second kappa shape index (κ2) is 6.76. The van der Waals surface area contributed by atoms with Gasteiger partial charge in [0.05, 0.1) is 6.54 Å². The van der Waals surface area contributed by atoms with Gasteiger partial charge in [0.1, 0.15) is 0 Å². The van der Waals surface area contributed by atoms with Gasteiger partial charge in [-0.3, -0.25) is 9.59 Å². The van der Waals surface area contributed by atoms with Crippen molar-refractivity contribution < 1.29 is 9.59 Å². The molecule has 0 fully saturated rings. The van der Waals surface area contributed by atoms with E-state index >= 15 is 0 Å². The number of amides is 2. The van der Waals surface area contributed by atoms with Crippen LogP contribution in [-0.2, 0) is 4.79 Å². The van der Waals surface area contributed by atoms with Crippen molar-refractivity contribution in [3.8, 4) is 0 Å². The summed E-state index contributed by atoms with van der Waals surface area (Å²) in [5.74, 6) is -0.302. The number of carbonyl (C=O) groups excluding carboxylic acids is 2. The molecule has 2 amide bonds. The Morgan fingerprint density at radius 3 is 2.61 bits per heavy atom. The van der Waals surface area contributed by atoms with Crippen LogP contribution in [0.25, 0.3) is 0 Å². The van der Waals surface area contributed by atoms with E-state index in [1.54, 1.807) is 31.3 Å². The van der Waals surface area contributed by atoms with E-state index in [-0.39, 0.29) is 24.4 Å². The molecule has 18 heavy (non-hydrogen) atoms. The maximum atomic E-state index is 11.6. The Bertz CT molecular complexity index is 430. The van der Waals surface area contributed by atoms with E-state index < -0.39 is 0 Å². The van der Waals surface area contributed by atoms with Crippen LogP contribution in [0.5, 0.6) is 0 Å². The summed E-state index contributed by atoms with van der Waals surface area (Å²) in [7, 11) is 1.57. The maximum Gasteiger partial charge on any atom is 0.251 e. The van der Waals surface area contributed by atoms with Gasteiger partial charge in [0.25, 0.3) is 5.91 Å². The van der Waals surface area contributed by atoms with Crippen molar-refractivity contribution in [1.82, 2.24) is 10.6 Å². The van der Waals surface area contributed by atoms with E-state index in [4.69, 9.17) is 0 Å². The average Bonchev–Trinajstić information content (AvgIpc) is 2.35. The van der Waals surface area contributed by atoms with Crippen molar-refractivity contribution in [2.75, 3.05) is 18.9 Å². The van der Waals surface area contributed by atoms with Crippen molar-refractivity contribution in [3.05, 3.63) is 29.8 Å². The second-order valence-corrected chi connectivity index (χ2v) is 4.24. The standard InChI is InChI=1S/C13H19N3O2/c1-9(2)15-8-12(17)16-11-6-4-5-10(7-11)13(18)14-3/h4-7,9,15H,8H2,1-3H3,(H,14,18)(H,16,17). The highest BCUT2D eigenvalue weighted by molar-refractivity contribution is 5.97. The van der Waals surface area contributed by atoms with Crippen LogP contribution < -0.4 is 16.0 Å². The molecule has 98 valence electrons. The molecule has 0 aliphatic carbocycles. The molecule has 0 aromatic heterocycles. The van der Waals surface area contributed by atoms with Gasteiger partial charge < -0.3 is 16.0 Å². The smallest absolute Gasteiger partial charge is 0.251 e. The molecule has 1 aromatic rings. The molecule has 0 saturated heterocycles. The molecular formula is C13H19N3O2. The van der Waals surface area contributed by atoms with Gasteiger partial charge in [0.15, 0.2) is 0 Å². The lowest BCUT2D eigenvalue weighted by molar-refractivity contribution is -0.115. The predicted molar refractivity (Wildman–Crippen MR) is 71.6 cm³/mol. The molecule has 0 radical (unpaired) electrons. The maximum absolute atomic E-state index is 11.6. The first kappa shape index (κ1) is 14.2. The number of rotatable bonds is 5. The van der Waals surface area contributed by atoms with E-state index in [0.717, 1.165) is 0 Å². The largest absolute Gasteiger partial charge is 0.355 e. The van der Waals surface area contributed by atoms with Crippen molar-refractivity contribution >= 4 is 17.5 Å². The van der Waals surface area contributed by atoms with Gasteiger partial charge in [-0.05, 0) is 18.2 Å². The minimum Gasteiger partial charge on any atom is -0.355 e. The van der Waals surface area contributed by atoms with Gasteiger partial charge in [-0.1, -0.05) is 19.9 Å². The van der Waals surface area contributed by atoms with Crippen LogP contribution in [-0.4, -0.2) is 31.4 Å². The average molecular weight is 249 g/mol. The summed E-state index contributed by atoms with van der Waals surface area (Å²) in [5.41, 5.74) is 1.14. The molecule has 3 N–H and O–H groups in total. The molecule has 1 aromatic carbocycles. The van der Waals surface area contributed by atoms with Crippen molar-refractivity contribution in [2.24, 2.45) is 0 Å². The zero-order chi connectivity index (χ0) is 13.5. The van der Waals surface area contributed by atoms with Crippen LogP contribution in [0.15, 0.2) is 24.3 Å². The first-order valence-corrected chi connectivity index (χ1v) is 5.88. The molecule has 0 saturated carbocycles. The zero-order valence-electron chi connectivity index (χ0n) is 10.9. The molecule has 5 nitrogen and oxygen atoms in total. The summed E-state index contributed by atoms with van der Waals surface area (Å²) >= 11 is 0. The Balaban J connectivity index is 2.62. The lowest BCUT2D eigenvalue weighted by Crippen LogP contribution is -2.32. The lowest BCUT2D eigenvalue weighted by Gasteiger charge is -2.09. The normalized spacial score (nSPS) is 10.2. The summed E-state index contributed by atoms with van der Waals surface area (Å²) in [6.45, 7) is 4.20. The zero-order valence-corrected chi connectivity index (χ0v) is 10.9. The van der Waals surface area contributed by atoms with Gasteiger partial charge in [-0.15, -0.1) is 0 Å². The Hall–Kier alpha value is -1.88. The summed E-state index contributed by atoms with van der Waals surface area (Å²) < 4.78 is 0. The van der Waals surface area contributed by atoms with E-state index in [1.807, 2.05) is 13.8 Å².